The molecular weight excluding hydrogens is 280 g/mol. The number of aryl methyl sites for hydroxylation is 1. The first kappa shape index (κ1) is 14.1. The fraction of sp³-hybridized carbons (Fsp3) is 0.188. The largest absolute Gasteiger partial charge is 0.459 e. The number of rotatable bonds is 5. The van der Waals surface area contributed by atoms with E-state index in [1.54, 1.807) is 6.07 Å². The predicted octanol–water partition coefficient (Wildman–Crippen LogP) is 2.35. The summed E-state index contributed by atoms with van der Waals surface area (Å²) in [5.74, 6) is 1.52. The molecule has 0 radical (unpaired) electrons. The predicted molar refractivity (Wildman–Crippen MR) is 81.3 cm³/mol. The molecule has 2 aromatic heterocycles. The molecule has 1 aromatic carbocycles. The van der Waals surface area contributed by atoms with Crippen LogP contribution in [0.5, 0.6) is 0 Å². The fourth-order valence-corrected chi connectivity index (χ4v) is 2.10. The molecule has 0 saturated carbocycles. The summed E-state index contributed by atoms with van der Waals surface area (Å²) in [7, 11) is 0. The van der Waals surface area contributed by atoms with Crippen LogP contribution in [0.3, 0.4) is 0 Å². The van der Waals surface area contributed by atoms with Crippen LogP contribution in [0.25, 0.3) is 11.4 Å². The number of benzene rings is 1. The minimum Gasteiger partial charge on any atom is -0.459 e. The van der Waals surface area contributed by atoms with E-state index in [0.717, 1.165) is 17.0 Å². The minimum atomic E-state index is -0.217. The molecule has 0 atom stereocenters. The van der Waals surface area contributed by atoms with E-state index in [-0.39, 0.29) is 5.91 Å². The Morgan fingerprint density at radius 1 is 1.27 bits per heavy atom. The van der Waals surface area contributed by atoms with Crippen molar-refractivity contribution in [2.45, 2.75) is 13.3 Å². The van der Waals surface area contributed by atoms with E-state index >= 15 is 0 Å². The van der Waals surface area contributed by atoms with Crippen LogP contribution in [-0.2, 0) is 6.42 Å². The van der Waals surface area contributed by atoms with Crippen LogP contribution in [0.2, 0.25) is 0 Å². The summed E-state index contributed by atoms with van der Waals surface area (Å²) in [5.41, 5.74) is 1.78. The lowest BCUT2D eigenvalue weighted by molar-refractivity contribution is 0.0925. The van der Waals surface area contributed by atoms with E-state index in [1.165, 1.54) is 6.26 Å². The van der Waals surface area contributed by atoms with Crippen LogP contribution >= 0.6 is 0 Å². The van der Waals surface area contributed by atoms with Crippen molar-refractivity contribution >= 4 is 5.91 Å². The number of amides is 1. The van der Waals surface area contributed by atoms with Crippen molar-refractivity contribution in [1.29, 1.82) is 0 Å². The molecule has 0 spiro atoms. The van der Waals surface area contributed by atoms with Gasteiger partial charge in [-0.25, -0.2) is 4.98 Å². The van der Waals surface area contributed by atoms with E-state index in [2.05, 4.69) is 20.5 Å². The number of H-pyrrole nitrogens is 1. The van der Waals surface area contributed by atoms with Crippen molar-refractivity contribution in [2.24, 2.45) is 0 Å². The molecule has 112 valence electrons. The standard InChI is InChI=1S/C16H16N4O2/c1-11-8-10-22-14(11)16(21)17-9-7-13-18-15(20-19-13)12-5-3-2-4-6-12/h2-6,8,10H,7,9H2,1H3,(H,17,21)(H,18,19,20). The second kappa shape index (κ2) is 6.26. The Balaban J connectivity index is 1.56. The second-order valence-corrected chi connectivity index (χ2v) is 4.91. The van der Waals surface area contributed by atoms with Gasteiger partial charge in [-0.1, -0.05) is 30.3 Å². The van der Waals surface area contributed by atoms with Gasteiger partial charge in [0.25, 0.3) is 5.91 Å². The third kappa shape index (κ3) is 3.06. The highest BCUT2D eigenvalue weighted by Crippen LogP contribution is 2.13. The third-order valence-corrected chi connectivity index (χ3v) is 3.28. The summed E-state index contributed by atoms with van der Waals surface area (Å²) in [5, 5.41) is 9.87. The molecule has 2 N–H and O–H groups in total. The molecule has 2 heterocycles. The average molecular weight is 296 g/mol. The molecule has 0 aliphatic carbocycles. The molecule has 0 saturated heterocycles. The summed E-state index contributed by atoms with van der Waals surface area (Å²) < 4.78 is 5.14. The van der Waals surface area contributed by atoms with Gasteiger partial charge in [-0.3, -0.25) is 9.89 Å². The number of carbonyl (C=O) groups excluding carboxylic acids is 1. The smallest absolute Gasteiger partial charge is 0.287 e. The van der Waals surface area contributed by atoms with Gasteiger partial charge in [0.2, 0.25) is 0 Å². The van der Waals surface area contributed by atoms with Crippen molar-refractivity contribution in [2.75, 3.05) is 6.54 Å². The lowest BCUT2D eigenvalue weighted by Gasteiger charge is -2.01. The molecule has 3 aromatic rings. The number of aromatic nitrogens is 3. The van der Waals surface area contributed by atoms with Gasteiger partial charge in [-0.15, -0.1) is 0 Å². The maximum Gasteiger partial charge on any atom is 0.287 e. The highest BCUT2D eigenvalue weighted by molar-refractivity contribution is 5.92. The molecule has 0 aliphatic heterocycles. The Morgan fingerprint density at radius 3 is 2.82 bits per heavy atom. The van der Waals surface area contributed by atoms with Crippen LogP contribution in [0.1, 0.15) is 21.9 Å². The lowest BCUT2D eigenvalue weighted by Crippen LogP contribution is -2.26. The number of furan rings is 1. The van der Waals surface area contributed by atoms with E-state index in [0.29, 0.717) is 24.6 Å². The second-order valence-electron chi connectivity index (χ2n) is 4.91. The average Bonchev–Trinajstić information content (AvgIpc) is 3.17. The molecule has 0 aliphatic rings. The first-order valence-electron chi connectivity index (χ1n) is 7.03. The molecule has 1 amide bonds. The van der Waals surface area contributed by atoms with E-state index in [4.69, 9.17) is 4.42 Å². The zero-order chi connectivity index (χ0) is 15.4. The van der Waals surface area contributed by atoms with Gasteiger partial charge >= 0.3 is 0 Å². The van der Waals surface area contributed by atoms with Crippen molar-refractivity contribution in [3.63, 3.8) is 0 Å². The topological polar surface area (TPSA) is 83.8 Å². The molecule has 6 nitrogen and oxygen atoms in total. The van der Waals surface area contributed by atoms with Gasteiger partial charge in [0.15, 0.2) is 11.6 Å². The summed E-state index contributed by atoms with van der Waals surface area (Å²) in [6.07, 6.45) is 2.08. The summed E-state index contributed by atoms with van der Waals surface area (Å²) in [4.78, 5) is 16.3. The van der Waals surface area contributed by atoms with Gasteiger partial charge in [0, 0.05) is 24.1 Å². The minimum absolute atomic E-state index is 0.217. The highest BCUT2D eigenvalue weighted by atomic mass is 16.3. The Kier molecular flexibility index (Phi) is 4.00. The number of nitrogens with zero attached hydrogens (tertiary/aromatic N) is 2. The molecule has 0 unspecified atom stereocenters. The van der Waals surface area contributed by atoms with Gasteiger partial charge in [-0.05, 0) is 13.0 Å². The Morgan fingerprint density at radius 2 is 2.09 bits per heavy atom. The maximum absolute atomic E-state index is 11.9. The zero-order valence-corrected chi connectivity index (χ0v) is 12.2. The van der Waals surface area contributed by atoms with Gasteiger partial charge < -0.3 is 9.73 Å². The van der Waals surface area contributed by atoms with E-state index < -0.39 is 0 Å². The molecular formula is C16H16N4O2. The van der Waals surface area contributed by atoms with Crippen LogP contribution < -0.4 is 5.32 Å². The van der Waals surface area contributed by atoms with Crippen molar-refractivity contribution in [3.05, 3.63) is 59.8 Å². The number of hydrogen-bond acceptors (Lipinski definition) is 4. The number of nitrogens with one attached hydrogen (secondary N) is 2. The molecule has 0 fully saturated rings. The summed E-state index contributed by atoms with van der Waals surface area (Å²) in [6.45, 7) is 2.30. The maximum atomic E-state index is 11.9. The summed E-state index contributed by atoms with van der Waals surface area (Å²) in [6, 6.07) is 11.5. The highest BCUT2D eigenvalue weighted by Gasteiger charge is 2.12. The van der Waals surface area contributed by atoms with E-state index in [9.17, 15) is 4.79 Å². The Hall–Kier alpha value is -2.89. The monoisotopic (exact) mass is 296 g/mol. The molecule has 0 bridgehead atoms. The Bertz CT molecular complexity index is 761. The molecule has 6 heteroatoms. The molecule has 22 heavy (non-hydrogen) atoms. The first-order valence-corrected chi connectivity index (χ1v) is 7.03. The van der Waals surface area contributed by atoms with Crippen LogP contribution in [0.15, 0.2) is 47.1 Å². The van der Waals surface area contributed by atoms with Gasteiger partial charge in [0.1, 0.15) is 5.82 Å². The quantitative estimate of drug-likeness (QED) is 0.757. The van der Waals surface area contributed by atoms with Crippen molar-refractivity contribution in [3.8, 4) is 11.4 Å². The lowest BCUT2D eigenvalue weighted by atomic mass is 10.2. The van der Waals surface area contributed by atoms with E-state index in [1.807, 2.05) is 37.3 Å². The van der Waals surface area contributed by atoms with Crippen molar-refractivity contribution < 1.29 is 9.21 Å². The third-order valence-electron chi connectivity index (χ3n) is 3.28. The number of hydrogen-bond donors (Lipinski definition) is 2. The first-order chi connectivity index (χ1) is 10.7. The number of aromatic amines is 1. The number of carbonyl (C=O) groups is 1. The van der Waals surface area contributed by atoms with Gasteiger partial charge in [0.05, 0.1) is 6.26 Å². The normalized spacial score (nSPS) is 10.6. The van der Waals surface area contributed by atoms with Gasteiger partial charge in [-0.2, -0.15) is 5.10 Å². The van der Waals surface area contributed by atoms with Crippen molar-refractivity contribution in [1.82, 2.24) is 20.5 Å². The molecule has 3 rings (SSSR count). The summed E-state index contributed by atoms with van der Waals surface area (Å²) >= 11 is 0. The Labute approximate surface area is 127 Å². The fourth-order valence-electron chi connectivity index (χ4n) is 2.10. The van der Waals surface area contributed by atoms with Crippen LogP contribution in [-0.4, -0.2) is 27.6 Å². The van der Waals surface area contributed by atoms with Crippen LogP contribution in [0.4, 0.5) is 0 Å². The SMILES string of the molecule is Cc1ccoc1C(=O)NCCc1nc(-c2ccccc2)n[nH]1. The zero-order valence-electron chi connectivity index (χ0n) is 12.2. The van der Waals surface area contributed by atoms with Crippen LogP contribution in [0, 0.1) is 6.92 Å².